The first-order chi connectivity index (χ1) is 8.69. The first-order valence-corrected chi connectivity index (χ1v) is 6.29. The van der Waals surface area contributed by atoms with Gasteiger partial charge in [-0.3, -0.25) is 4.90 Å². The topological polar surface area (TPSA) is 58.7 Å². The molecule has 0 aromatic heterocycles. The lowest BCUT2D eigenvalue weighted by Gasteiger charge is -2.22. The van der Waals surface area contributed by atoms with Gasteiger partial charge in [-0.25, -0.2) is 0 Å². The normalized spacial score (nSPS) is 10.8. The lowest BCUT2D eigenvalue weighted by atomic mass is 10.1. The second kappa shape index (κ2) is 8.16. The van der Waals surface area contributed by atoms with Crippen LogP contribution in [0.25, 0.3) is 0 Å². The van der Waals surface area contributed by atoms with Gasteiger partial charge in [0.1, 0.15) is 4.99 Å². The quantitative estimate of drug-likeness (QED) is 0.682. The number of nitrogens with zero attached hydrogens (tertiary/aromatic N) is 1. The van der Waals surface area contributed by atoms with Crippen molar-refractivity contribution in [1.82, 2.24) is 4.90 Å². The average Bonchev–Trinajstić information content (AvgIpc) is 2.36. The summed E-state index contributed by atoms with van der Waals surface area (Å²) in [6.07, 6.45) is 0. The summed E-state index contributed by atoms with van der Waals surface area (Å²) in [5, 5.41) is 9.06. The second-order valence-corrected chi connectivity index (χ2v) is 4.45. The predicted octanol–water partition coefficient (Wildman–Crippen LogP) is 0.762. The Morgan fingerprint density at radius 1 is 1.39 bits per heavy atom. The molecule has 1 aromatic rings. The summed E-state index contributed by atoms with van der Waals surface area (Å²) < 4.78 is 5.06. The molecule has 0 bridgehead atoms. The van der Waals surface area contributed by atoms with Gasteiger partial charge in [0, 0.05) is 32.3 Å². The van der Waals surface area contributed by atoms with Gasteiger partial charge in [-0.15, -0.1) is 0 Å². The van der Waals surface area contributed by atoms with E-state index >= 15 is 0 Å². The first kappa shape index (κ1) is 15.0. The Kier molecular flexibility index (Phi) is 6.82. The molecule has 1 aromatic carbocycles. The number of aliphatic hydroxyl groups excluding tert-OH is 1. The lowest BCUT2D eigenvalue weighted by Crippen LogP contribution is -2.30. The van der Waals surface area contributed by atoms with Gasteiger partial charge in [0.25, 0.3) is 0 Å². The molecule has 0 saturated heterocycles. The van der Waals surface area contributed by atoms with Crippen molar-refractivity contribution in [2.24, 2.45) is 5.73 Å². The van der Waals surface area contributed by atoms with Crippen LogP contribution in [-0.4, -0.2) is 48.4 Å². The number of aliphatic hydroxyl groups is 1. The fourth-order valence-electron chi connectivity index (χ4n) is 1.77. The molecule has 0 fully saturated rings. The number of hydrogen-bond acceptors (Lipinski definition) is 4. The van der Waals surface area contributed by atoms with E-state index in [0.717, 1.165) is 17.7 Å². The van der Waals surface area contributed by atoms with Gasteiger partial charge in [0.05, 0.1) is 13.2 Å². The van der Waals surface area contributed by atoms with E-state index in [9.17, 15) is 0 Å². The van der Waals surface area contributed by atoms with E-state index in [-0.39, 0.29) is 6.61 Å². The summed E-state index contributed by atoms with van der Waals surface area (Å²) >= 11 is 5.04. The number of thiocarbonyl (C=S) groups is 1. The van der Waals surface area contributed by atoms with Crippen molar-refractivity contribution in [3.05, 3.63) is 35.4 Å². The predicted molar refractivity (Wildman–Crippen MR) is 76.6 cm³/mol. The van der Waals surface area contributed by atoms with Crippen LogP contribution >= 0.6 is 12.2 Å². The minimum absolute atomic E-state index is 0.124. The summed E-state index contributed by atoms with van der Waals surface area (Å²) in [6.45, 7) is 2.84. The van der Waals surface area contributed by atoms with Gasteiger partial charge in [-0.1, -0.05) is 36.5 Å². The lowest BCUT2D eigenvalue weighted by molar-refractivity contribution is 0.127. The highest BCUT2D eigenvalue weighted by Crippen LogP contribution is 2.11. The molecule has 0 aliphatic heterocycles. The van der Waals surface area contributed by atoms with Gasteiger partial charge in [0.15, 0.2) is 0 Å². The minimum Gasteiger partial charge on any atom is -0.395 e. The number of nitrogens with two attached hydrogens (primary N) is 1. The van der Waals surface area contributed by atoms with Gasteiger partial charge in [-0.2, -0.15) is 0 Å². The fraction of sp³-hybridized carbons (Fsp3) is 0.462. The molecule has 0 spiro atoms. The number of rotatable bonds is 8. The minimum atomic E-state index is 0.124. The molecule has 100 valence electrons. The molecule has 0 aliphatic carbocycles. The van der Waals surface area contributed by atoms with Crippen molar-refractivity contribution < 1.29 is 9.84 Å². The van der Waals surface area contributed by atoms with Gasteiger partial charge in [-0.05, 0) is 5.56 Å². The maximum absolute atomic E-state index is 9.06. The summed E-state index contributed by atoms with van der Waals surface area (Å²) in [4.78, 5) is 2.52. The van der Waals surface area contributed by atoms with Gasteiger partial charge in [0.2, 0.25) is 0 Å². The van der Waals surface area contributed by atoms with Gasteiger partial charge < -0.3 is 15.6 Å². The first-order valence-electron chi connectivity index (χ1n) is 5.89. The van der Waals surface area contributed by atoms with Crippen LogP contribution in [0.5, 0.6) is 0 Å². The summed E-state index contributed by atoms with van der Waals surface area (Å²) in [7, 11) is 1.67. The third-order valence-electron chi connectivity index (χ3n) is 2.70. The SMILES string of the molecule is COCCN(CCO)Cc1ccccc1C(N)=S. The van der Waals surface area contributed by atoms with E-state index in [1.165, 1.54) is 0 Å². The monoisotopic (exact) mass is 268 g/mol. The fourth-order valence-corrected chi connectivity index (χ4v) is 1.97. The zero-order valence-corrected chi connectivity index (χ0v) is 11.4. The zero-order valence-electron chi connectivity index (χ0n) is 10.6. The molecule has 1 rings (SSSR count). The molecule has 0 atom stereocenters. The van der Waals surface area contributed by atoms with Crippen molar-refractivity contribution in [3.8, 4) is 0 Å². The molecule has 0 saturated carbocycles. The smallest absolute Gasteiger partial charge is 0.104 e. The maximum atomic E-state index is 9.06. The Morgan fingerprint density at radius 3 is 2.72 bits per heavy atom. The molecule has 18 heavy (non-hydrogen) atoms. The number of methoxy groups -OCH3 is 1. The molecule has 0 unspecified atom stereocenters. The van der Waals surface area contributed by atoms with Crippen molar-refractivity contribution in [1.29, 1.82) is 0 Å². The zero-order chi connectivity index (χ0) is 13.4. The Balaban J connectivity index is 2.76. The Bertz CT molecular complexity index is 385. The van der Waals surface area contributed by atoms with Crippen LogP contribution in [0.2, 0.25) is 0 Å². The van der Waals surface area contributed by atoms with Crippen LogP contribution in [0.3, 0.4) is 0 Å². The second-order valence-electron chi connectivity index (χ2n) is 4.01. The highest BCUT2D eigenvalue weighted by atomic mass is 32.1. The van der Waals surface area contributed by atoms with E-state index in [1.54, 1.807) is 7.11 Å². The maximum Gasteiger partial charge on any atom is 0.104 e. The van der Waals surface area contributed by atoms with Gasteiger partial charge >= 0.3 is 0 Å². The molecule has 5 heteroatoms. The molecule has 4 nitrogen and oxygen atoms in total. The molecule has 0 radical (unpaired) electrons. The molecular formula is C13H20N2O2S. The van der Waals surface area contributed by atoms with Crippen molar-refractivity contribution in [3.63, 3.8) is 0 Å². The van der Waals surface area contributed by atoms with Crippen LogP contribution < -0.4 is 5.73 Å². The highest BCUT2D eigenvalue weighted by molar-refractivity contribution is 7.80. The van der Waals surface area contributed by atoms with E-state index in [2.05, 4.69) is 4.90 Å². The van der Waals surface area contributed by atoms with Crippen molar-refractivity contribution in [2.45, 2.75) is 6.54 Å². The number of benzene rings is 1. The van der Waals surface area contributed by atoms with Crippen LogP contribution in [0.4, 0.5) is 0 Å². The summed E-state index contributed by atoms with van der Waals surface area (Å²) in [6, 6.07) is 7.81. The number of hydrogen-bond donors (Lipinski definition) is 2. The largest absolute Gasteiger partial charge is 0.395 e. The Labute approximate surface area is 113 Å². The molecule has 3 N–H and O–H groups in total. The summed E-state index contributed by atoms with van der Waals surface area (Å²) in [5.41, 5.74) is 7.68. The van der Waals surface area contributed by atoms with E-state index < -0.39 is 0 Å². The van der Waals surface area contributed by atoms with Crippen LogP contribution in [0.1, 0.15) is 11.1 Å². The highest BCUT2D eigenvalue weighted by Gasteiger charge is 2.09. The van der Waals surface area contributed by atoms with Crippen LogP contribution in [0, 0.1) is 0 Å². The Morgan fingerprint density at radius 2 is 2.11 bits per heavy atom. The molecule has 0 amide bonds. The average molecular weight is 268 g/mol. The third kappa shape index (κ3) is 4.70. The van der Waals surface area contributed by atoms with E-state index in [1.807, 2.05) is 24.3 Å². The van der Waals surface area contributed by atoms with Crippen LogP contribution in [0.15, 0.2) is 24.3 Å². The third-order valence-corrected chi connectivity index (χ3v) is 2.92. The summed E-state index contributed by atoms with van der Waals surface area (Å²) in [5.74, 6) is 0. The molecule has 0 aliphatic rings. The van der Waals surface area contributed by atoms with Crippen molar-refractivity contribution in [2.75, 3.05) is 33.4 Å². The molecule has 0 heterocycles. The Hall–Kier alpha value is -1.01. The standard InChI is InChI=1S/C13H20N2O2S/c1-17-9-7-15(6-8-16)10-11-4-2-3-5-12(11)13(14)18/h2-5,16H,6-10H2,1H3,(H2,14,18). The molecular weight excluding hydrogens is 248 g/mol. The van der Waals surface area contributed by atoms with E-state index in [4.69, 9.17) is 27.8 Å². The van der Waals surface area contributed by atoms with Crippen LogP contribution in [-0.2, 0) is 11.3 Å². The van der Waals surface area contributed by atoms with Crippen molar-refractivity contribution >= 4 is 17.2 Å². The number of ether oxygens (including phenoxy) is 1. The van der Waals surface area contributed by atoms with E-state index in [0.29, 0.717) is 24.7 Å².